The highest BCUT2D eigenvalue weighted by Gasteiger charge is 2.40. The highest BCUT2D eigenvalue weighted by atomic mass is 16.5. The number of carbonyl (C=O) groups excluding carboxylic acids is 4. The number of H-pyrrole nitrogens is 1. The van der Waals surface area contributed by atoms with E-state index in [4.69, 9.17) is 38.5 Å². The van der Waals surface area contributed by atoms with Gasteiger partial charge in [0, 0.05) is 84.5 Å². The average molecular weight is 932 g/mol. The molecule has 4 aromatic heterocycles. The summed E-state index contributed by atoms with van der Waals surface area (Å²) in [6.45, 7) is 10.1. The Labute approximate surface area is 392 Å². The monoisotopic (exact) mass is 931 g/mol. The molecule has 6 heterocycles. The van der Waals surface area contributed by atoms with E-state index in [1.807, 2.05) is 49.7 Å². The molecule has 20 heteroatoms. The predicted molar refractivity (Wildman–Crippen MR) is 251 cm³/mol. The number of amides is 4. The van der Waals surface area contributed by atoms with Crippen molar-refractivity contribution in [1.29, 1.82) is 0 Å². The second kappa shape index (κ2) is 20.5. The van der Waals surface area contributed by atoms with Crippen LogP contribution < -0.4 is 26.0 Å². The number of nitrogens with one attached hydrogen (secondary N) is 5. The first-order chi connectivity index (χ1) is 33.1. The largest absolute Gasteiger partial charge is 0.496 e. The van der Waals surface area contributed by atoms with Crippen molar-refractivity contribution >= 4 is 62.9 Å². The molecule has 1 atom stereocenters. The summed E-state index contributed by atoms with van der Waals surface area (Å²) in [4.78, 5) is 65.1. The number of nitrogens with zero attached hydrogens (tertiary/aromatic N) is 6. The average Bonchev–Trinajstić information content (AvgIpc) is 3.71. The van der Waals surface area contributed by atoms with Gasteiger partial charge in [-0.15, -0.1) is 0 Å². The zero-order valence-corrected chi connectivity index (χ0v) is 38.8. The lowest BCUT2D eigenvalue weighted by Gasteiger charge is -2.29. The number of hydrogen-bond donors (Lipinski definition) is 5. The van der Waals surface area contributed by atoms with Gasteiger partial charge in [-0.2, -0.15) is 5.10 Å². The number of imide groups is 1. The lowest BCUT2D eigenvalue weighted by Crippen LogP contribution is -2.52. The molecule has 1 saturated heterocycles. The van der Waals surface area contributed by atoms with Gasteiger partial charge in [-0.1, -0.05) is 11.2 Å². The van der Waals surface area contributed by atoms with Crippen LogP contribution >= 0.6 is 0 Å². The Morgan fingerprint density at radius 2 is 1.72 bits per heavy atom. The number of hydrogen-bond acceptors (Lipinski definition) is 15. The Morgan fingerprint density at radius 1 is 0.926 bits per heavy atom. The number of benzene rings is 2. The van der Waals surface area contributed by atoms with E-state index in [-0.39, 0.29) is 37.2 Å². The third-order valence-corrected chi connectivity index (χ3v) is 12.5. The predicted octanol–water partition coefficient (Wildman–Crippen LogP) is 5.66. The smallest absolute Gasteiger partial charge is 0.289 e. The maximum atomic E-state index is 13.6. The molecule has 4 amide bonds. The fourth-order valence-corrected chi connectivity index (χ4v) is 8.89. The molecule has 2 aromatic carbocycles. The normalized spacial score (nSPS) is 15.9. The number of unbranched alkanes of at least 4 members (excludes halogenated alkanes) is 1. The minimum Gasteiger partial charge on any atom is -0.496 e. The quantitative estimate of drug-likeness (QED) is 0.0385. The number of rotatable bonds is 23. The van der Waals surface area contributed by atoms with Gasteiger partial charge in [0.05, 0.1) is 62.5 Å². The number of ether oxygens (including phenoxy) is 4. The molecule has 68 heavy (non-hydrogen) atoms. The maximum absolute atomic E-state index is 13.6. The molecule has 1 saturated carbocycles. The zero-order chi connectivity index (χ0) is 47.3. The van der Waals surface area contributed by atoms with Gasteiger partial charge in [0.25, 0.3) is 11.8 Å². The van der Waals surface area contributed by atoms with Crippen LogP contribution in [0.3, 0.4) is 0 Å². The van der Waals surface area contributed by atoms with E-state index in [1.165, 1.54) is 0 Å². The number of aromatic nitrogens is 6. The van der Waals surface area contributed by atoms with E-state index in [0.717, 1.165) is 76.2 Å². The number of aromatic amines is 1. The number of piperidine rings is 1. The van der Waals surface area contributed by atoms with E-state index >= 15 is 0 Å². The summed E-state index contributed by atoms with van der Waals surface area (Å²) >= 11 is 0. The zero-order valence-electron chi connectivity index (χ0n) is 38.8. The molecule has 0 radical (unpaired) electrons. The Morgan fingerprint density at radius 3 is 2.46 bits per heavy atom. The van der Waals surface area contributed by atoms with Crippen molar-refractivity contribution in [2.75, 3.05) is 70.5 Å². The van der Waals surface area contributed by atoms with Crippen molar-refractivity contribution < 1.29 is 42.6 Å². The molecule has 3 aliphatic rings. The first kappa shape index (κ1) is 46.2. The van der Waals surface area contributed by atoms with E-state index in [9.17, 15) is 19.2 Å². The first-order valence-electron chi connectivity index (χ1n) is 23.3. The molecule has 1 unspecified atom stereocenters. The van der Waals surface area contributed by atoms with Crippen LogP contribution in [0.4, 0.5) is 17.3 Å². The van der Waals surface area contributed by atoms with E-state index in [1.54, 1.807) is 18.1 Å². The summed E-state index contributed by atoms with van der Waals surface area (Å²) in [5, 5.41) is 22.6. The van der Waals surface area contributed by atoms with Gasteiger partial charge in [-0.3, -0.25) is 24.5 Å². The molecule has 358 valence electrons. The van der Waals surface area contributed by atoms with Crippen molar-refractivity contribution in [3.63, 3.8) is 0 Å². The van der Waals surface area contributed by atoms with Gasteiger partial charge >= 0.3 is 0 Å². The topological polar surface area (TPSA) is 242 Å². The third-order valence-electron chi connectivity index (χ3n) is 12.5. The van der Waals surface area contributed by atoms with Gasteiger partial charge in [0.1, 0.15) is 34.8 Å². The van der Waals surface area contributed by atoms with Crippen LogP contribution in [0.5, 0.6) is 5.75 Å². The number of methoxy groups -OCH3 is 1. The molecule has 2 fully saturated rings. The Bertz CT molecular complexity index is 2830. The number of fused-ring (bicyclic) bond motifs is 4. The highest BCUT2D eigenvalue weighted by Crippen LogP contribution is 2.43. The fraction of sp³-hybridized carbons (Fsp3) is 0.458. The number of aryl methyl sites for hydroxylation is 3. The van der Waals surface area contributed by atoms with Crippen molar-refractivity contribution in [3.05, 3.63) is 70.5 Å². The van der Waals surface area contributed by atoms with Crippen LogP contribution in [-0.2, 0) is 36.9 Å². The molecule has 9 rings (SSSR count). The van der Waals surface area contributed by atoms with Crippen molar-refractivity contribution in [3.8, 4) is 16.9 Å². The number of anilines is 3. The summed E-state index contributed by atoms with van der Waals surface area (Å²) in [6.07, 6.45) is 4.49. The maximum Gasteiger partial charge on any atom is 0.289 e. The molecule has 20 nitrogen and oxygen atoms in total. The Kier molecular flexibility index (Phi) is 14.0. The summed E-state index contributed by atoms with van der Waals surface area (Å²) < 4.78 is 30.4. The molecular weight excluding hydrogens is 875 g/mol. The molecule has 0 bridgehead atoms. The molecule has 5 N–H and O–H groups in total. The van der Waals surface area contributed by atoms with Crippen LogP contribution in [0.25, 0.3) is 33.1 Å². The summed E-state index contributed by atoms with van der Waals surface area (Å²) in [5.74, 6) is 1.62. The van der Waals surface area contributed by atoms with Gasteiger partial charge in [-0.05, 0) is 77.1 Å². The minimum absolute atomic E-state index is 0.00816. The van der Waals surface area contributed by atoms with Crippen LogP contribution in [0.1, 0.15) is 95.1 Å². The second-order valence-electron chi connectivity index (χ2n) is 17.2. The molecule has 1 aliphatic carbocycles. The van der Waals surface area contributed by atoms with Crippen molar-refractivity contribution in [2.24, 2.45) is 0 Å². The van der Waals surface area contributed by atoms with Crippen molar-refractivity contribution in [2.45, 2.75) is 84.3 Å². The summed E-state index contributed by atoms with van der Waals surface area (Å²) in [6, 6.07) is 10.9. The summed E-state index contributed by atoms with van der Waals surface area (Å²) in [7, 11) is 1.62. The van der Waals surface area contributed by atoms with Gasteiger partial charge in [0.2, 0.25) is 17.6 Å². The van der Waals surface area contributed by atoms with E-state index in [2.05, 4.69) is 37.5 Å². The molecule has 2 aliphatic heterocycles. The Hall–Kier alpha value is -6.90. The lowest BCUT2D eigenvalue weighted by atomic mass is 10.0. The van der Waals surface area contributed by atoms with Crippen LogP contribution in [0, 0.1) is 13.8 Å². The van der Waals surface area contributed by atoms with Gasteiger partial charge in [-0.25, -0.2) is 14.6 Å². The van der Waals surface area contributed by atoms with E-state index in [0.29, 0.717) is 98.9 Å². The molecular formula is C48H57N11O9. The molecule has 6 aromatic rings. The first-order valence-corrected chi connectivity index (χ1v) is 23.3. The van der Waals surface area contributed by atoms with Crippen LogP contribution in [-0.4, -0.2) is 124 Å². The van der Waals surface area contributed by atoms with E-state index < -0.39 is 17.9 Å². The minimum atomic E-state index is -0.643. The van der Waals surface area contributed by atoms with Crippen LogP contribution in [0.15, 0.2) is 40.9 Å². The SMILES string of the molecule is CCn1nc(C2CC2)cc1Nc1nc(C(=O)NCCOCCOCCOCCCCNc2cccc3c2CN(C2CCC(=O)NC2=O)C3=O)nc2[nH]c3cc(-c4c(C)noc4C)c(OC)cc3c12. The Balaban J connectivity index is 0.713. The van der Waals surface area contributed by atoms with Crippen molar-refractivity contribution in [1.82, 2.24) is 45.4 Å². The number of carbonyl (C=O) groups is 4. The summed E-state index contributed by atoms with van der Waals surface area (Å²) in [5.41, 5.74) is 7.02. The van der Waals surface area contributed by atoms with Crippen LogP contribution in [0.2, 0.25) is 0 Å². The highest BCUT2D eigenvalue weighted by molar-refractivity contribution is 6.14. The second-order valence-corrected chi connectivity index (χ2v) is 17.2. The standard InChI is InChI=1S/C48H57N11O9/c1-5-59-39(25-35(56-59)29-11-12-29)52-44-42-31-24-38(64-4)32(41-27(2)57-68-28(41)3)23-36(31)51-43(42)54-45(55-44)47(62)50-16-18-66-20-22-67-21-19-65-17-7-6-15-49-34-10-8-9-30-33(34)26-58(48(30)63)37-13-14-40(60)53-46(37)61/h8-10,23-25,29,37,49H,5-7,11-22,26H2,1-4H3,(H,50,62)(H,53,60,61)(H2,51,52,54,55). The fourth-order valence-electron chi connectivity index (χ4n) is 8.89. The third kappa shape index (κ3) is 9.88. The molecule has 0 spiro atoms. The van der Waals surface area contributed by atoms with Gasteiger partial charge < -0.3 is 49.3 Å². The lowest BCUT2D eigenvalue weighted by molar-refractivity contribution is -0.136. The van der Waals surface area contributed by atoms with Gasteiger partial charge in [0.15, 0.2) is 0 Å².